The van der Waals surface area contributed by atoms with Crippen LogP contribution in [0.25, 0.3) is 10.8 Å². The molecule has 0 saturated carbocycles. The molecule has 1 aromatic heterocycles. The number of hydrogen-bond acceptors (Lipinski definition) is 2. The van der Waals surface area contributed by atoms with Crippen LogP contribution in [-0.4, -0.2) is 15.1 Å². The summed E-state index contributed by atoms with van der Waals surface area (Å²) >= 11 is 6.78. The van der Waals surface area contributed by atoms with Gasteiger partial charge < -0.3 is 4.57 Å². The third-order valence-corrected chi connectivity index (χ3v) is 3.21. The fourth-order valence-electron chi connectivity index (χ4n) is 1.29. The second-order valence-electron chi connectivity index (χ2n) is 2.76. The maximum absolute atomic E-state index is 5.19. The first-order valence-corrected chi connectivity index (χ1v) is 5.59. The lowest BCUT2D eigenvalue weighted by Crippen LogP contribution is -1.99. The van der Waals surface area contributed by atoms with Crippen molar-refractivity contribution in [2.45, 2.75) is 0 Å². The number of thiocarbonyl (C=S) groups is 1. The SMILES string of the molecule is CSC(=S)n1cc2ccccc2c1. The number of thioether (sulfide) groups is 1. The Morgan fingerprint density at radius 3 is 2.23 bits per heavy atom. The molecule has 66 valence electrons. The maximum Gasteiger partial charge on any atom is 0.144 e. The average molecular weight is 207 g/mol. The van der Waals surface area contributed by atoms with Crippen molar-refractivity contribution in [3.8, 4) is 0 Å². The Morgan fingerprint density at radius 2 is 1.77 bits per heavy atom. The summed E-state index contributed by atoms with van der Waals surface area (Å²) in [5, 5.41) is 2.47. The molecule has 0 saturated heterocycles. The zero-order valence-electron chi connectivity index (χ0n) is 7.23. The van der Waals surface area contributed by atoms with Gasteiger partial charge in [0.2, 0.25) is 0 Å². The molecule has 0 aliphatic carbocycles. The molecule has 0 spiro atoms. The third-order valence-electron chi connectivity index (χ3n) is 1.94. The zero-order valence-corrected chi connectivity index (χ0v) is 8.86. The van der Waals surface area contributed by atoms with Gasteiger partial charge in [0, 0.05) is 12.4 Å². The van der Waals surface area contributed by atoms with Gasteiger partial charge in [-0.2, -0.15) is 0 Å². The average Bonchev–Trinajstić information content (AvgIpc) is 2.59. The lowest BCUT2D eigenvalue weighted by atomic mass is 10.2. The molecule has 0 radical (unpaired) electrons. The summed E-state index contributed by atoms with van der Waals surface area (Å²) in [5.41, 5.74) is 0. The highest BCUT2D eigenvalue weighted by molar-refractivity contribution is 8.22. The van der Waals surface area contributed by atoms with Crippen LogP contribution in [0.2, 0.25) is 0 Å². The van der Waals surface area contributed by atoms with E-state index in [-0.39, 0.29) is 0 Å². The van der Waals surface area contributed by atoms with Crippen LogP contribution in [0.1, 0.15) is 0 Å². The summed E-state index contributed by atoms with van der Waals surface area (Å²) in [5.74, 6) is 0. The fourth-order valence-corrected chi connectivity index (χ4v) is 1.72. The number of nitrogens with zero attached hydrogens (tertiary/aromatic N) is 1. The summed E-state index contributed by atoms with van der Waals surface area (Å²) in [6.07, 6.45) is 6.12. The molecule has 0 aliphatic heterocycles. The molecular weight excluding hydrogens is 198 g/mol. The van der Waals surface area contributed by atoms with Crippen molar-refractivity contribution in [1.82, 2.24) is 4.57 Å². The number of benzene rings is 1. The molecule has 3 heteroatoms. The minimum atomic E-state index is 0.885. The normalized spacial score (nSPS) is 10.5. The molecule has 2 aromatic rings. The van der Waals surface area contributed by atoms with Gasteiger partial charge in [-0.3, -0.25) is 0 Å². The number of fused-ring (bicyclic) bond motifs is 1. The van der Waals surface area contributed by atoms with Crippen LogP contribution in [-0.2, 0) is 0 Å². The predicted molar refractivity (Wildman–Crippen MR) is 63.4 cm³/mol. The molecule has 0 aliphatic rings. The molecule has 0 amide bonds. The van der Waals surface area contributed by atoms with E-state index in [0.717, 1.165) is 4.32 Å². The van der Waals surface area contributed by atoms with E-state index in [0.29, 0.717) is 0 Å². The topological polar surface area (TPSA) is 4.93 Å². The molecular formula is C10H9NS2. The zero-order chi connectivity index (χ0) is 9.26. The van der Waals surface area contributed by atoms with Gasteiger partial charge in [0.25, 0.3) is 0 Å². The maximum atomic E-state index is 5.19. The lowest BCUT2D eigenvalue weighted by molar-refractivity contribution is 1.23. The van der Waals surface area contributed by atoms with Crippen molar-refractivity contribution in [3.63, 3.8) is 0 Å². The van der Waals surface area contributed by atoms with Gasteiger partial charge in [-0.1, -0.05) is 48.2 Å². The van der Waals surface area contributed by atoms with Gasteiger partial charge in [-0.25, -0.2) is 0 Å². The molecule has 1 nitrogen and oxygen atoms in total. The summed E-state index contributed by atoms with van der Waals surface area (Å²) in [6, 6.07) is 8.26. The van der Waals surface area contributed by atoms with Gasteiger partial charge in [-0.15, -0.1) is 0 Å². The molecule has 0 N–H and O–H groups in total. The Bertz CT molecular complexity index is 412. The Kier molecular flexibility index (Phi) is 2.38. The molecule has 2 rings (SSSR count). The summed E-state index contributed by atoms with van der Waals surface area (Å²) in [7, 11) is 0. The predicted octanol–water partition coefficient (Wildman–Crippen LogP) is 3.14. The minimum absolute atomic E-state index is 0.885. The quantitative estimate of drug-likeness (QED) is 0.611. The van der Waals surface area contributed by atoms with Crippen molar-refractivity contribution in [2.24, 2.45) is 0 Å². The first-order chi connectivity index (χ1) is 6.31. The first kappa shape index (κ1) is 8.78. The fraction of sp³-hybridized carbons (Fsp3) is 0.100. The first-order valence-electron chi connectivity index (χ1n) is 3.96. The van der Waals surface area contributed by atoms with Gasteiger partial charge in [0.15, 0.2) is 0 Å². The van der Waals surface area contributed by atoms with E-state index in [4.69, 9.17) is 12.2 Å². The Hall–Kier alpha value is -0.800. The van der Waals surface area contributed by atoms with Crippen molar-refractivity contribution in [3.05, 3.63) is 36.7 Å². The molecule has 0 unspecified atom stereocenters. The molecule has 0 fully saturated rings. The van der Waals surface area contributed by atoms with Gasteiger partial charge in [0.1, 0.15) is 4.32 Å². The second kappa shape index (κ2) is 3.52. The smallest absolute Gasteiger partial charge is 0.144 e. The van der Waals surface area contributed by atoms with Crippen LogP contribution in [0.15, 0.2) is 36.7 Å². The van der Waals surface area contributed by atoms with Crippen LogP contribution in [0, 0.1) is 0 Å². The highest BCUT2D eigenvalue weighted by Gasteiger charge is 2.00. The third kappa shape index (κ3) is 1.62. The standard InChI is InChI=1S/C10H9NS2/c1-13-10(12)11-6-8-4-2-3-5-9(8)7-11/h2-7H,1H3. The van der Waals surface area contributed by atoms with Crippen LogP contribution in [0.5, 0.6) is 0 Å². The highest BCUT2D eigenvalue weighted by Crippen LogP contribution is 2.16. The summed E-state index contributed by atoms with van der Waals surface area (Å²) < 4.78 is 2.88. The van der Waals surface area contributed by atoms with Gasteiger partial charge in [-0.05, 0) is 17.0 Å². The number of rotatable bonds is 0. The van der Waals surface area contributed by atoms with Crippen molar-refractivity contribution >= 4 is 39.1 Å². The summed E-state index contributed by atoms with van der Waals surface area (Å²) in [4.78, 5) is 0. The lowest BCUT2D eigenvalue weighted by Gasteiger charge is -1.97. The number of aromatic nitrogens is 1. The number of hydrogen-bond donors (Lipinski definition) is 0. The van der Waals surface area contributed by atoms with Crippen LogP contribution in [0.4, 0.5) is 0 Å². The Balaban J connectivity index is 2.56. The molecule has 0 atom stereocenters. The van der Waals surface area contributed by atoms with Crippen LogP contribution < -0.4 is 0 Å². The van der Waals surface area contributed by atoms with E-state index in [1.165, 1.54) is 10.8 Å². The van der Waals surface area contributed by atoms with Crippen molar-refractivity contribution < 1.29 is 0 Å². The largest absolute Gasteiger partial charge is 0.308 e. The van der Waals surface area contributed by atoms with E-state index in [2.05, 4.69) is 24.5 Å². The van der Waals surface area contributed by atoms with E-state index >= 15 is 0 Å². The monoisotopic (exact) mass is 207 g/mol. The molecule has 13 heavy (non-hydrogen) atoms. The van der Waals surface area contributed by atoms with E-state index in [1.54, 1.807) is 11.8 Å². The van der Waals surface area contributed by atoms with Gasteiger partial charge in [0.05, 0.1) is 0 Å². The highest BCUT2D eigenvalue weighted by atomic mass is 32.2. The summed E-state index contributed by atoms with van der Waals surface area (Å²) in [6.45, 7) is 0. The van der Waals surface area contributed by atoms with Crippen LogP contribution >= 0.6 is 24.0 Å². The molecule has 1 heterocycles. The van der Waals surface area contributed by atoms with Crippen LogP contribution in [0.3, 0.4) is 0 Å². The minimum Gasteiger partial charge on any atom is -0.308 e. The molecule has 0 bridgehead atoms. The van der Waals surface area contributed by atoms with E-state index in [9.17, 15) is 0 Å². The molecule has 1 aromatic carbocycles. The second-order valence-corrected chi connectivity index (χ2v) is 4.20. The van der Waals surface area contributed by atoms with E-state index in [1.807, 2.05) is 23.0 Å². The Morgan fingerprint density at radius 1 is 1.23 bits per heavy atom. The van der Waals surface area contributed by atoms with Crippen molar-refractivity contribution in [1.29, 1.82) is 0 Å². The van der Waals surface area contributed by atoms with E-state index < -0.39 is 0 Å². The van der Waals surface area contributed by atoms with Crippen molar-refractivity contribution in [2.75, 3.05) is 6.26 Å². The Labute approximate surface area is 86.7 Å². The van der Waals surface area contributed by atoms with Gasteiger partial charge >= 0.3 is 0 Å².